The lowest BCUT2D eigenvalue weighted by Crippen LogP contribution is -2.52. The Hall–Kier alpha value is -2.55. The van der Waals surface area contributed by atoms with Gasteiger partial charge in [0.2, 0.25) is 15.9 Å². The summed E-state index contributed by atoms with van der Waals surface area (Å²) >= 11 is 0. The molecule has 30 heavy (non-hydrogen) atoms. The topological polar surface area (TPSA) is 78.0 Å². The van der Waals surface area contributed by atoms with Gasteiger partial charge in [0.25, 0.3) is 0 Å². The minimum Gasteiger partial charge on any atom is -0.339 e. The number of amides is 1. The van der Waals surface area contributed by atoms with E-state index in [-0.39, 0.29) is 36.2 Å². The number of nitrogens with zero attached hydrogens (tertiary/aromatic N) is 3. The zero-order chi connectivity index (χ0) is 21.7. The molecule has 1 fully saturated rings. The summed E-state index contributed by atoms with van der Waals surface area (Å²) in [6, 6.07) is 15.9. The summed E-state index contributed by atoms with van der Waals surface area (Å²) in [6.07, 6.45) is 0. The number of hydrogen-bond donors (Lipinski definition) is 0. The van der Waals surface area contributed by atoms with Crippen molar-refractivity contribution in [2.24, 2.45) is 0 Å². The second-order valence-electron chi connectivity index (χ2n) is 7.52. The number of sulfonamides is 1. The molecular weight excluding hydrogens is 402 g/mol. The number of ketones is 1. The van der Waals surface area contributed by atoms with Crippen LogP contribution in [0.3, 0.4) is 0 Å². The highest BCUT2D eigenvalue weighted by atomic mass is 32.2. The summed E-state index contributed by atoms with van der Waals surface area (Å²) in [5.74, 6) is -0.111. The van der Waals surface area contributed by atoms with E-state index in [1.165, 1.54) is 35.5 Å². The van der Waals surface area contributed by atoms with Crippen LogP contribution >= 0.6 is 0 Å². The minimum absolute atomic E-state index is 0.00344. The normalized spacial score (nSPS) is 15.4. The number of Topliss-reactive ketones (excluding diaryl/α,β-unsaturated/α-hetero) is 1. The number of benzene rings is 2. The van der Waals surface area contributed by atoms with Gasteiger partial charge in [0.1, 0.15) is 0 Å². The first-order chi connectivity index (χ1) is 14.3. The number of likely N-dealkylation sites (N-methyl/N-ethyl adjacent to an activating group) is 1. The monoisotopic (exact) mass is 429 g/mol. The van der Waals surface area contributed by atoms with E-state index in [0.29, 0.717) is 25.2 Å². The van der Waals surface area contributed by atoms with Crippen LogP contribution in [0, 0.1) is 0 Å². The van der Waals surface area contributed by atoms with Crippen LogP contribution in [-0.4, -0.2) is 74.0 Å². The van der Waals surface area contributed by atoms with Crippen molar-refractivity contribution >= 4 is 21.7 Å². The van der Waals surface area contributed by atoms with Gasteiger partial charge in [-0.05, 0) is 31.7 Å². The van der Waals surface area contributed by atoms with Crippen LogP contribution in [0.25, 0.3) is 0 Å². The van der Waals surface area contributed by atoms with Crippen LogP contribution in [0.1, 0.15) is 22.8 Å². The zero-order valence-corrected chi connectivity index (χ0v) is 18.1. The van der Waals surface area contributed by atoms with Crippen LogP contribution in [0.15, 0.2) is 59.5 Å². The van der Waals surface area contributed by atoms with Crippen molar-refractivity contribution in [2.45, 2.75) is 18.4 Å². The standard InChI is InChI=1S/C22H27N3O4S/c1-18(26)20-8-10-21(11-9-20)30(28,29)25-14-12-24(13-15-25)22(27)17-23(2)16-19-6-4-3-5-7-19/h3-11H,12-17H2,1-2H3. The minimum atomic E-state index is -3.64. The molecule has 2 aromatic rings. The maximum Gasteiger partial charge on any atom is 0.243 e. The summed E-state index contributed by atoms with van der Waals surface area (Å²) in [4.78, 5) is 27.8. The molecule has 1 saturated heterocycles. The first-order valence-electron chi connectivity index (χ1n) is 9.89. The first-order valence-corrected chi connectivity index (χ1v) is 11.3. The van der Waals surface area contributed by atoms with Crippen molar-refractivity contribution in [3.05, 3.63) is 65.7 Å². The Morgan fingerprint density at radius 2 is 1.53 bits per heavy atom. The number of carbonyl (C=O) groups excluding carboxylic acids is 2. The van der Waals surface area contributed by atoms with E-state index in [9.17, 15) is 18.0 Å². The van der Waals surface area contributed by atoms with Crippen molar-refractivity contribution in [3.63, 3.8) is 0 Å². The van der Waals surface area contributed by atoms with E-state index in [1.54, 1.807) is 4.90 Å². The molecule has 0 unspecified atom stereocenters. The lowest BCUT2D eigenvalue weighted by atomic mass is 10.2. The molecule has 0 aromatic heterocycles. The van der Waals surface area contributed by atoms with Gasteiger partial charge < -0.3 is 4.90 Å². The average Bonchev–Trinajstić information content (AvgIpc) is 2.74. The predicted octanol–water partition coefficient (Wildman–Crippen LogP) is 1.85. The molecule has 1 aliphatic heterocycles. The molecule has 0 bridgehead atoms. The number of piperazine rings is 1. The maximum atomic E-state index is 12.9. The smallest absolute Gasteiger partial charge is 0.243 e. The molecule has 7 nitrogen and oxygen atoms in total. The molecule has 2 aromatic carbocycles. The third-order valence-corrected chi connectivity index (χ3v) is 7.10. The Kier molecular flexibility index (Phi) is 7.02. The quantitative estimate of drug-likeness (QED) is 0.628. The fourth-order valence-electron chi connectivity index (χ4n) is 3.47. The molecule has 160 valence electrons. The Bertz CT molecular complexity index is 983. The zero-order valence-electron chi connectivity index (χ0n) is 17.3. The van der Waals surface area contributed by atoms with Gasteiger partial charge in [-0.1, -0.05) is 42.5 Å². The van der Waals surface area contributed by atoms with Crippen LogP contribution in [0.4, 0.5) is 0 Å². The Balaban J connectivity index is 1.54. The number of carbonyl (C=O) groups is 2. The van der Waals surface area contributed by atoms with Gasteiger partial charge in [-0.15, -0.1) is 0 Å². The Labute approximate surface area is 177 Å². The Morgan fingerprint density at radius 3 is 2.10 bits per heavy atom. The van der Waals surface area contributed by atoms with E-state index >= 15 is 0 Å². The molecular formula is C22H27N3O4S. The fraction of sp³-hybridized carbons (Fsp3) is 0.364. The van der Waals surface area contributed by atoms with Crippen molar-refractivity contribution < 1.29 is 18.0 Å². The fourth-order valence-corrected chi connectivity index (χ4v) is 4.89. The van der Waals surface area contributed by atoms with Gasteiger partial charge in [-0.3, -0.25) is 14.5 Å². The first kappa shape index (κ1) is 22.1. The van der Waals surface area contributed by atoms with Gasteiger partial charge in [0, 0.05) is 38.3 Å². The van der Waals surface area contributed by atoms with Gasteiger partial charge in [-0.2, -0.15) is 4.31 Å². The molecule has 1 amide bonds. The van der Waals surface area contributed by atoms with E-state index < -0.39 is 10.0 Å². The predicted molar refractivity (Wildman–Crippen MR) is 115 cm³/mol. The highest BCUT2D eigenvalue weighted by Crippen LogP contribution is 2.19. The molecule has 0 radical (unpaired) electrons. The van der Waals surface area contributed by atoms with Crippen LogP contribution < -0.4 is 0 Å². The number of hydrogen-bond acceptors (Lipinski definition) is 5. The molecule has 8 heteroatoms. The van der Waals surface area contributed by atoms with E-state index in [1.807, 2.05) is 42.3 Å². The average molecular weight is 430 g/mol. The van der Waals surface area contributed by atoms with Gasteiger partial charge in [-0.25, -0.2) is 8.42 Å². The van der Waals surface area contributed by atoms with Crippen molar-refractivity contribution in [1.29, 1.82) is 0 Å². The third kappa shape index (κ3) is 5.33. The van der Waals surface area contributed by atoms with Crippen LogP contribution in [-0.2, 0) is 21.4 Å². The van der Waals surface area contributed by atoms with Gasteiger partial charge in [0.05, 0.1) is 11.4 Å². The summed E-state index contributed by atoms with van der Waals surface area (Å²) < 4.78 is 27.1. The van der Waals surface area contributed by atoms with Gasteiger partial charge >= 0.3 is 0 Å². The lowest BCUT2D eigenvalue weighted by Gasteiger charge is -2.34. The molecule has 0 spiro atoms. The summed E-state index contributed by atoms with van der Waals surface area (Å²) in [6.45, 7) is 3.64. The van der Waals surface area contributed by atoms with E-state index in [0.717, 1.165) is 5.56 Å². The molecule has 0 N–H and O–H groups in total. The molecule has 0 atom stereocenters. The molecule has 1 aliphatic rings. The van der Waals surface area contributed by atoms with Crippen molar-refractivity contribution in [3.8, 4) is 0 Å². The molecule has 3 rings (SSSR count). The maximum absolute atomic E-state index is 12.9. The van der Waals surface area contributed by atoms with Crippen LogP contribution in [0.2, 0.25) is 0 Å². The second kappa shape index (κ2) is 9.51. The summed E-state index contributed by atoms with van der Waals surface area (Å²) in [7, 11) is -1.74. The second-order valence-corrected chi connectivity index (χ2v) is 9.46. The Morgan fingerprint density at radius 1 is 0.933 bits per heavy atom. The SMILES string of the molecule is CC(=O)c1ccc(S(=O)(=O)N2CCN(C(=O)CN(C)Cc3ccccc3)CC2)cc1. The van der Waals surface area contributed by atoms with Gasteiger partial charge in [0.15, 0.2) is 5.78 Å². The molecule has 1 heterocycles. The molecule has 0 saturated carbocycles. The molecule has 0 aliphatic carbocycles. The van der Waals surface area contributed by atoms with E-state index in [4.69, 9.17) is 0 Å². The van der Waals surface area contributed by atoms with E-state index in [2.05, 4.69) is 0 Å². The summed E-state index contributed by atoms with van der Waals surface area (Å²) in [5, 5.41) is 0. The van der Waals surface area contributed by atoms with Crippen molar-refractivity contribution in [2.75, 3.05) is 39.8 Å². The lowest BCUT2D eigenvalue weighted by molar-refractivity contribution is -0.133. The third-order valence-electron chi connectivity index (χ3n) is 5.19. The van der Waals surface area contributed by atoms with Crippen molar-refractivity contribution in [1.82, 2.24) is 14.1 Å². The summed E-state index contributed by atoms with van der Waals surface area (Å²) in [5.41, 5.74) is 1.61. The highest BCUT2D eigenvalue weighted by molar-refractivity contribution is 7.89. The largest absolute Gasteiger partial charge is 0.339 e. The number of rotatable bonds is 7. The van der Waals surface area contributed by atoms with Crippen LogP contribution in [0.5, 0.6) is 0 Å². The highest BCUT2D eigenvalue weighted by Gasteiger charge is 2.30.